The van der Waals surface area contributed by atoms with E-state index in [0.29, 0.717) is 5.92 Å². The largest absolute Gasteiger partial charge is 0.295 e. The SMILES string of the molecule is C=C/C=C(\C=C(/C)C(C)=O)CC(C)C. The van der Waals surface area contributed by atoms with Crippen LogP contribution < -0.4 is 0 Å². The molecular formula is C13H20O. The Morgan fingerprint density at radius 3 is 2.29 bits per heavy atom. The number of hydrogen-bond acceptors (Lipinski definition) is 1. The van der Waals surface area contributed by atoms with Crippen molar-refractivity contribution in [1.29, 1.82) is 0 Å². The van der Waals surface area contributed by atoms with Crippen molar-refractivity contribution >= 4 is 5.78 Å². The molecule has 0 rings (SSSR count). The van der Waals surface area contributed by atoms with E-state index in [9.17, 15) is 4.79 Å². The summed E-state index contributed by atoms with van der Waals surface area (Å²) in [5, 5.41) is 0. The van der Waals surface area contributed by atoms with Gasteiger partial charge in [-0.25, -0.2) is 0 Å². The van der Waals surface area contributed by atoms with E-state index in [2.05, 4.69) is 20.4 Å². The molecule has 0 bridgehead atoms. The third-order valence-electron chi connectivity index (χ3n) is 1.93. The fourth-order valence-corrected chi connectivity index (χ4v) is 1.18. The molecule has 0 heterocycles. The Labute approximate surface area is 87.2 Å². The van der Waals surface area contributed by atoms with E-state index in [0.717, 1.165) is 12.0 Å². The van der Waals surface area contributed by atoms with Crippen molar-refractivity contribution < 1.29 is 4.79 Å². The molecule has 0 aromatic carbocycles. The van der Waals surface area contributed by atoms with Gasteiger partial charge in [0.15, 0.2) is 5.78 Å². The summed E-state index contributed by atoms with van der Waals surface area (Å²) < 4.78 is 0. The molecule has 1 heteroatoms. The molecular weight excluding hydrogens is 172 g/mol. The summed E-state index contributed by atoms with van der Waals surface area (Å²) in [5.74, 6) is 0.723. The van der Waals surface area contributed by atoms with Crippen molar-refractivity contribution in [2.45, 2.75) is 34.1 Å². The zero-order valence-electron chi connectivity index (χ0n) is 9.63. The predicted molar refractivity (Wildman–Crippen MR) is 62.2 cm³/mol. The number of carbonyl (C=O) groups is 1. The maximum atomic E-state index is 11.0. The number of allylic oxidation sites excluding steroid dienone is 5. The monoisotopic (exact) mass is 192 g/mol. The smallest absolute Gasteiger partial charge is 0.155 e. The molecule has 0 fully saturated rings. The molecule has 0 amide bonds. The fraction of sp³-hybridized carbons (Fsp3) is 0.462. The third-order valence-corrected chi connectivity index (χ3v) is 1.93. The molecule has 0 saturated heterocycles. The van der Waals surface area contributed by atoms with E-state index in [4.69, 9.17) is 0 Å². The quantitative estimate of drug-likeness (QED) is 0.479. The van der Waals surface area contributed by atoms with E-state index in [1.807, 2.05) is 19.1 Å². The third kappa shape index (κ3) is 5.52. The summed E-state index contributed by atoms with van der Waals surface area (Å²) in [7, 11) is 0. The first-order chi connectivity index (χ1) is 6.47. The first kappa shape index (κ1) is 12.9. The Hall–Kier alpha value is -1.11. The fourth-order valence-electron chi connectivity index (χ4n) is 1.18. The average Bonchev–Trinajstić information content (AvgIpc) is 2.02. The lowest BCUT2D eigenvalue weighted by Crippen LogP contribution is -1.95. The van der Waals surface area contributed by atoms with Gasteiger partial charge in [-0.1, -0.05) is 38.7 Å². The Balaban J connectivity index is 4.69. The predicted octanol–water partition coefficient (Wildman–Crippen LogP) is 3.68. The molecule has 0 aromatic rings. The lowest BCUT2D eigenvalue weighted by Gasteiger charge is -2.06. The number of hydrogen-bond donors (Lipinski definition) is 0. The van der Waals surface area contributed by atoms with Crippen molar-refractivity contribution in [1.82, 2.24) is 0 Å². The van der Waals surface area contributed by atoms with Gasteiger partial charge in [0.25, 0.3) is 0 Å². The Morgan fingerprint density at radius 2 is 1.93 bits per heavy atom. The van der Waals surface area contributed by atoms with Gasteiger partial charge in [-0.05, 0) is 37.3 Å². The second kappa shape index (κ2) is 6.36. The standard InChI is InChI=1S/C13H20O/c1-6-7-13(8-10(2)3)9-11(4)12(5)14/h6-7,9-10H,1,8H2,2-5H3/b11-9+,13-7-. The van der Waals surface area contributed by atoms with Crippen molar-refractivity contribution in [2.24, 2.45) is 5.92 Å². The number of Topliss-reactive ketones (excluding diaryl/α,β-unsaturated/α-hetero) is 1. The molecule has 0 unspecified atom stereocenters. The van der Waals surface area contributed by atoms with Crippen molar-refractivity contribution in [3.05, 3.63) is 36.0 Å². The molecule has 0 saturated carbocycles. The van der Waals surface area contributed by atoms with Gasteiger partial charge in [0.2, 0.25) is 0 Å². The molecule has 0 atom stereocenters. The van der Waals surface area contributed by atoms with Gasteiger partial charge in [-0.2, -0.15) is 0 Å². The van der Waals surface area contributed by atoms with Crippen molar-refractivity contribution in [3.8, 4) is 0 Å². The van der Waals surface area contributed by atoms with Crippen LogP contribution in [0.3, 0.4) is 0 Å². The highest BCUT2D eigenvalue weighted by molar-refractivity contribution is 5.93. The van der Waals surface area contributed by atoms with E-state index < -0.39 is 0 Å². The molecule has 0 spiro atoms. The van der Waals surface area contributed by atoms with Gasteiger partial charge in [-0.15, -0.1) is 0 Å². The van der Waals surface area contributed by atoms with Crippen LogP contribution in [0, 0.1) is 5.92 Å². The minimum atomic E-state index is 0.128. The van der Waals surface area contributed by atoms with Crippen LogP contribution in [0.2, 0.25) is 0 Å². The minimum absolute atomic E-state index is 0.128. The maximum absolute atomic E-state index is 11.0. The number of rotatable bonds is 5. The highest BCUT2D eigenvalue weighted by atomic mass is 16.1. The van der Waals surface area contributed by atoms with Gasteiger partial charge < -0.3 is 0 Å². The second-order valence-corrected chi connectivity index (χ2v) is 3.96. The maximum Gasteiger partial charge on any atom is 0.155 e. The van der Waals surface area contributed by atoms with Crippen molar-refractivity contribution in [2.75, 3.05) is 0 Å². The lowest BCUT2D eigenvalue weighted by molar-refractivity contribution is -0.113. The van der Waals surface area contributed by atoms with Crippen LogP contribution in [0.25, 0.3) is 0 Å². The normalized spacial score (nSPS) is 13.2. The lowest BCUT2D eigenvalue weighted by atomic mass is 10.00. The molecule has 1 nitrogen and oxygen atoms in total. The zero-order valence-corrected chi connectivity index (χ0v) is 9.63. The van der Waals surface area contributed by atoms with Crippen molar-refractivity contribution in [3.63, 3.8) is 0 Å². The second-order valence-electron chi connectivity index (χ2n) is 3.96. The molecule has 78 valence electrons. The minimum Gasteiger partial charge on any atom is -0.295 e. The Morgan fingerprint density at radius 1 is 1.36 bits per heavy atom. The van der Waals surface area contributed by atoms with Crippen LogP contribution in [0.1, 0.15) is 34.1 Å². The topological polar surface area (TPSA) is 17.1 Å². The summed E-state index contributed by atoms with van der Waals surface area (Å²) >= 11 is 0. The summed E-state index contributed by atoms with van der Waals surface area (Å²) in [6.45, 7) is 11.4. The van der Waals surface area contributed by atoms with E-state index >= 15 is 0 Å². The van der Waals surface area contributed by atoms with Crippen LogP contribution in [0.4, 0.5) is 0 Å². The molecule has 0 aliphatic rings. The molecule has 0 aliphatic carbocycles. The highest BCUT2D eigenvalue weighted by Gasteiger charge is 2.01. The van der Waals surface area contributed by atoms with Gasteiger partial charge in [0, 0.05) is 0 Å². The van der Waals surface area contributed by atoms with Crippen LogP contribution in [0.5, 0.6) is 0 Å². The van der Waals surface area contributed by atoms with E-state index in [1.54, 1.807) is 13.0 Å². The molecule has 14 heavy (non-hydrogen) atoms. The van der Waals surface area contributed by atoms with E-state index in [1.165, 1.54) is 5.57 Å². The van der Waals surface area contributed by atoms with Gasteiger partial charge in [0.05, 0.1) is 0 Å². The summed E-state index contributed by atoms with van der Waals surface area (Å²) in [5.41, 5.74) is 1.97. The van der Waals surface area contributed by atoms with Gasteiger partial charge in [-0.3, -0.25) is 4.79 Å². The molecule has 0 N–H and O–H groups in total. The summed E-state index contributed by atoms with van der Waals surface area (Å²) in [6.07, 6.45) is 6.66. The molecule has 0 radical (unpaired) electrons. The van der Waals surface area contributed by atoms with Gasteiger partial charge in [0.1, 0.15) is 0 Å². The Bertz CT molecular complexity index is 267. The molecule has 0 aliphatic heterocycles. The van der Waals surface area contributed by atoms with Gasteiger partial charge >= 0.3 is 0 Å². The average molecular weight is 192 g/mol. The van der Waals surface area contributed by atoms with Crippen LogP contribution in [-0.4, -0.2) is 5.78 Å². The number of carbonyl (C=O) groups excluding carboxylic acids is 1. The van der Waals surface area contributed by atoms with E-state index in [-0.39, 0.29) is 5.78 Å². The van der Waals surface area contributed by atoms with Crippen LogP contribution >= 0.6 is 0 Å². The summed E-state index contributed by atoms with van der Waals surface area (Å²) in [4.78, 5) is 11.0. The molecule has 0 aromatic heterocycles. The van der Waals surface area contributed by atoms with Crippen LogP contribution in [-0.2, 0) is 4.79 Å². The first-order valence-corrected chi connectivity index (χ1v) is 4.98. The number of ketones is 1. The zero-order chi connectivity index (χ0) is 11.1. The Kier molecular flexibility index (Phi) is 5.86. The summed E-state index contributed by atoms with van der Waals surface area (Å²) in [6, 6.07) is 0. The first-order valence-electron chi connectivity index (χ1n) is 4.98. The van der Waals surface area contributed by atoms with Crippen LogP contribution in [0.15, 0.2) is 36.0 Å². The highest BCUT2D eigenvalue weighted by Crippen LogP contribution is 2.14.